The zero-order valence-electron chi connectivity index (χ0n) is 15.1. The molecule has 1 aromatic carbocycles. The van der Waals surface area contributed by atoms with Gasteiger partial charge in [0.25, 0.3) is 0 Å². The Labute approximate surface area is 159 Å². The van der Waals surface area contributed by atoms with Crippen molar-refractivity contribution < 1.29 is 18.0 Å². The van der Waals surface area contributed by atoms with Crippen LogP contribution in [0.25, 0.3) is 0 Å². The molecule has 3 N–H and O–H groups in total. The van der Waals surface area contributed by atoms with Crippen LogP contribution in [0.4, 0.5) is 5.69 Å². The molecule has 0 saturated carbocycles. The van der Waals surface area contributed by atoms with Crippen LogP contribution in [0.5, 0.6) is 0 Å². The fourth-order valence-corrected chi connectivity index (χ4v) is 4.20. The number of rotatable bonds is 4. The minimum atomic E-state index is -3.77. The van der Waals surface area contributed by atoms with Crippen LogP contribution < -0.4 is 10.5 Å². The highest BCUT2D eigenvalue weighted by Crippen LogP contribution is 2.30. The van der Waals surface area contributed by atoms with Gasteiger partial charge in [0.15, 0.2) is 0 Å². The lowest BCUT2D eigenvalue weighted by Gasteiger charge is -2.34. The van der Waals surface area contributed by atoms with Crippen molar-refractivity contribution in [2.75, 3.05) is 18.4 Å². The van der Waals surface area contributed by atoms with Gasteiger partial charge in [0.2, 0.25) is 21.8 Å². The SMILES string of the molecule is NS(=O)(=O)c1ccc(NC(=O)[C@@H]2CC=CC[C@@H]2C(=O)N2CCCCC2)cc1. The van der Waals surface area contributed by atoms with Gasteiger partial charge in [0.05, 0.1) is 16.7 Å². The molecule has 3 rings (SSSR count). The van der Waals surface area contributed by atoms with Crippen LogP contribution in [0.15, 0.2) is 41.3 Å². The molecule has 27 heavy (non-hydrogen) atoms. The van der Waals surface area contributed by atoms with Gasteiger partial charge < -0.3 is 10.2 Å². The molecule has 0 aromatic heterocycles. The first-order chi connectivity index (χ1) is 12.9. The molecule has 1 heterocycles. The molecule has 8 heteroatoms. The number of likely N-dealkylation sites (tertiary alicyclic amines) is 1. The summed E-state index contributed by atoms with van der Waals surface area (Å²) in [5, 5.41) is 7.88. The van der Waals surface area contributed by atoms with Gasteiger partial charge in [-0.1, -0.05) is 12.2 Å². The fourth-order valence-electron chi connectivity index (χ4n) is 3.69. The summed E-state index contributed by atoms with van der Waals surface area (Å²) in [4.78, 5) is 27.6. The van der Waals surface area contributed by atoms with Crippen LogP contribution in [0, 0.1) is 11.8 Å². The maximum Gasteiger partial charge on any atom is 0.238 e. The Hall–Kier alpha value is -2.19. The summed E-state index contributed by atoms with van der Waals surface area (Å²) in [6, 6.07) is 5.69. The predicted molar refractivity (Wildman–Crippen MR) is 102 cm³/mol. The van der Waals surface area contributed by atoms with Crippen molar-refractivity contribution in [3.63, 3.8) is 0 Å². The van der Waals surface area contributed by atoms with E-state index < -0.39 is 15.9 Å². The maximum absolute atomic E-state index is 12.9. The standard InChI is InChI=1S/C19H25N3O4S/c20-27(25,26)15-10-8-14(9-11-15)21-18(23)16-6-2-3-7-17(16)19(24)22-12-4-1-5-13-22/h2-3,8-11,16-17H,1,4-7,12-13H2,(H,21,23)(H2,20,25,26)/t16-,17+/m1/s1. The molecular weight excluding hydrogens is 366 g/mol. The second-order valence-electron chi connectivity index (χ2n) is 7.10. The number of hydrogen-bond acceptors (Lipinski definition) is 4. The number of hydrogen-bond donors (Lipinski definition) is 2. The molecule has 1 aliphatic heterocycles. The number of piperidine rings is 1. The minimum Gasteiger partial charge on any atom is -0.342 e. The highest BCUT2D eigenvalue weighted by molar-refractivity contribution is 7.89. The Morgan fingerprint density at radius 1 is 0.963 bits per heavy atom. The number of sulfonamides is 1. The van der Waals surface area contributed by atoms with Gasteiger partial charge in [0.1, 0.15) is 0 Å². The topological polar surface area (TPSA) is 110 Å². The van der Waals surface area contributed by atoms with Crippen molar-refractivity contribution in [3.8, 4) is 0 Å². The number of nitrogens with two attached hydrogens (primary N) is 1. The van der Waals surface area contributed by atoms with E-state index >= 15 is 0 Å². The van der Waals surface area contributed by atoms with E-state index in [1.54, 1.807) is 0 Å². The van der Waals surface area contributed by atoms with Gasteiger partial charge >= 0.3 is 0 Å². The van der Waals surface area contributed by atoms with Crippen molar-refractivity contribution in [2.45, 2.75) is 37.0 Å². The van der Waals surface area contributed by atoms with Gasteiger partial charge in [-0.05, 0) is 56.4 Å². The van der Waals surface area contributed by atoms with Crippen molar-refractivity contribution in [2.24, 2.45) is 17.0 Å². The number of carbonyl (C=O) groups excluding carboxylic acids is 2. The van der Waals surface area contributed by atoms with Gasteiger partial charge in [-0.2, -0.15) is 0 Å². The first-order valence-corrected chi connectivity index (χ1v) is 10.8. The second-order valence-corrected chi connectivity index (χ2v) is 8.66. The summed E-state index contributed by atoms with van der Waals surface area (Å²) in [5.41, 5.74) is 0.478. The highest BCUT2D eigenvalue weighted by Gasteiger charge is 2.36. The maximum atomic E-state index is 12.9. The Kier molecular flexibility index (Phi) is 5.96. The summed E-state index contributed by atoms with van der Waals surface area (Å²) in [7, 11) is -3.77. The van der Waals surface area contributed by atoms with Crippen LogP contribution in [0.2, 0.25) is 0 Å². The van der Waals surface area contributed by atoms with Crippen molar-refractivity contribution in [1.29, 1.82) is 0 Å². The lowest BCUT2D eigenvalue weighted by Crippen LogP contribution is -2.45. The molecule has 0 bridgehead atoms. The molecule has 146 valence electrons. The lowest BCUT2D eigenvalue weighted by atomic mass is 9.81. The number of primary sulfonamides is 1. The molecule has 1 aliphatic carbocycles. The zero-order valence-corrected chi connectivity index (χ0v) is 16.0. The van der Waals surface area contributed by atoms with E-state index in [1.165, 1.54) is 24.3 Å². The molecule has 0 unspecified atom stereocenters. The minimum absolute atomic E-state index is 0.0146. The fraction of sp³-hybridized carbons (Fsp3) is 0.474. The third-order valence-electron chi connectivity index (χ3n) is 5.20. The van der Waals surface area contributed by atoms with E-state index in [4.69, 9.17) is 5.14 Å². The smallest absolute Gasteiger partial charge is 0.238 e. The van der Waals surface area contributed by atoms with Crippen LogP contribution in [0.1, 0.15) is 32.1 Å². The number of allylic oxidation sites excluding steroid dienone is 2. The molecule has 0 radical (unpaired) electrons. The van der Waals surface area contributed by atoms with E-state index in [0.717, 1.165) is 32.4 Å². The van der Waals surface area contributed by atoms with Gasteiger partial charge in [-0.3, -0.25) is 9.59 Å². The largest absolute Gasteiger partial charge is 0.342 e. The van der Waals surface area contributed by atoms with Crippen molar-refractivity contribution >= 4 is 27.5 Å². The van der Waals surface area contributed by atoms with E-state index in [0.29, 0.717) is 18.5 Å². The molecule has 1 saturated heterocycles. The molecule has 7 nitrogen and oxygen atoms in total. The average molecular weight is 391 g/mol. The molecule has 0 spiro atoms. The van der Waals surface area contributed by atoms with Crippen molar-refractivity contribution in [3.05, 3.63) is 36.4 Å². The third-order valence-corrected chi connectivity index (χ3v) is 6.13. The number of amides is 2. The van der Waals surface area contributed by atoms with E-state index in [1.807, 2.05) is 17.1 Å². The van der Waals surface area contributed by atoms with Gasteiger partial charge in [-0.15, -0.1) is 0 Å². The Bertz CT molecular complexity index is 827. The van der Waals surface area contributed by atoms with Gasteiger partial charge in [0, 0.05) is 18.8 Å². The van der Waals surface area contributed by atoms with Crippen LogP contribution in [-0.2, 0) is 19.6 Å². The zero-order chi connectivity index (χ0) is 19.4. The first-order valence-electron chi connectivity index (χ1n) is 9.24. The summed E-state index contributed by atoms with van der Waals surface area (Å²) in [6.45, 7) is 1.53. The summed E-state index contributed by atoms with van der Waals surface area (Å²) < 4.78 is 22.6. The molecule has 2 aliphatic rings. The van der Waals surface area contributed by atoms with Crippen LogP contribution >= 0.6 is 0 Å². The molecule has 2 amide bonds. The first kappa shape index (κ1) is 19.6. The summed E-state index contributed by atoms with van der Waals surface area (Å²) in [6.07, 6.45) is 8.17. The predicted octanol–water partition coefficient (Wildman–Crippen LogP) is 1.87. The lowest BCUT2D eigenvalue weighted by molar-refractivity contribution is -0.141. The summed E-state index contributed by atoms with van der Waals surface area (Å²) >= 11 is 0. The van der Waals surface area contributed by atoms with Crippen LogP contribution in [0.3, 0.4) is 0 Å². The monoisotopic (exact) mass is 391 g/mol. The third kappa shape index (κ3) is 4.75. The number of carbonyl (C=O) groups is 2. The van der Waals surface area contributed by atoms with Crippen molar-refractivity contribution in [1.82, 2.24) is 4.90 Å². The summed E-state index contributed by atoms with van der Waals surface area (Å²) in [5.74, 6) is -0.944. The Balaban J connectivity index is 1.70. The molecule has 1 aromatic rings. The molecule has 1 fully saturated rings. The number of benzene rings is 1. The number of nitrogens with one attached hydrogen (secondary N) is 1. The van der Waals surface area contributed by atoms with Gasteiger partial charge in [-0.25, -0.2) is 13.6 Å². The molecule has 2 atom stereocenters. The van der Waals surface area contributed by atoms with Crippen LogP contribution in [-0.4, -0.2) is 38.2 Å². The molecular formula is C19H25N3O4S. The Morgan fingerprint density at radius 3 is 2.15 bits per heavy atom. The average Bonchev–Trinajstić information content (AvgIpc) is 2.68. The van der Waals surface area contributed by atoms with E-state index in [-0.39, 0.29) is 22.6 Å². The number of anilines is 1. The quantitative estimate of drug-likeness (QED) is 0.764. The number of nitrogens with zero attached hydrogens (tertiary/aromatic N) is 1. The normalized spacial score (nSPS) is 23.1. The second kappa shape index (κ2) is 8.22. The van der Waals surface area contributed by atoms with E-state index in [9.17, 15) is 18.0 Å². The Morgan fingerprint density at radius 2 is 1.56 bits per heavy atom. The van der Waals surface area contributed by atoms with E-state index in [2.05, 4.69) is 5.32 Å². The highest BCUT2D eigenvalue weighted by atomic mass is 32.2.